The van der Waals surface area contributed by atoms with E-state index in [4.69, 9.17) is 4.74 Å². The zero-order valence-electron chi connectivity index (χ0n) is 17.0. The maximum atomic E-state index is 12.0. The number of imidazole rings is 2. The van der Waals surface area contributed by atoms with Gasteiger partial charge in [0.1, 0.15) is 18.6 Å². The Morgan fingerprint density at radius 2 is 1.94 bits per heavy atom. The van der Waals surface area contributed by atoms with Crippen LogP contribution in [-0.4, -0.2) is 57.9 Å². The Morgan fingerprint density at radius 3 is 2.68 bits per heavy atom. The molecule has 0 bridgehead atoms. The van der Waals surface area contributed by atoms with Crippen LogP contribution in [0.15, 0.2) is 61.5 Å². The van der Waals surface area contributed by atoms with Crippen molar-refractivity contribution in [2.24, 2.45) is 0 Å². The fourth-order valence-electron chi connectivity index (χ4n) is 2.47. The molecule has 0 unspecified atom stereocenters. The highest BCUT2D eigenvalue weighted by Gasteiger charge is 2.16. The van der Waals surface area contributed by atoms with Gasteiger partial charge < -0.3 is 9.30 Å². The first kappa shape index (κ1) is 22.0. The SMILES string of the molecule is CN(C)S(=O)(=O)n1cnc(C#CC(=O)OC/C=C/c2cn(Cc3ccccc3)cn2)c1. The number of carbonyl (C=O) groups is 1. The van der Waals surface area contributed by atoms with E-state index in [-0.39, 0.29) is 12.3 Å². The highest BCUT2D eigenvalue weighted by molar-refractivity contribution is 7.87. The number of ether oxygens (including phenoxy) is 1. The Bertz CT molecular complexity index is 1230. The van der Waals surface area contributed by atoms with Gasteiger partial charge in [0.25, 0.3) is 0 Å². The number of benzene rings is 1. The molecule has 0 radical (unpaired) electrons. The Morgan fingerprint density at radius 1 is 1.16 bits per heavy atom. The van der Waals surface area contributed by atoms with Gasteiger partial charge in [-0.05, 0) is 23.6 Å². The zero-order chi connectivity index (χ0) is 22.3. The molecule has 0 N–H and O–H groups in total. The zero-order valence-corrected chi connectivity index (χ0v) is 17.9. The van der Waals surface area contributed by atoms with E-state index < -0.39 is 16.2 Å². The monoisotopic (exact) mass is 439 g/mol. The molecule has 1 aromatic carbocycles. The fourth-order valence-corrected chi connectivity index (χ4v) is 3.25. The molecule has 0 aliphatic carbocycles. The number of hydrogen-bond donors (Lipinski definition) is 0. The second-order valence-corrected chi connectivity index (χ2v) is 8.63. The van der Waals surface area contributed by atoms with E-state index in [9.17, 15) is 13.2 Å². The lowest BCUT2D eigenvalue weighted by molar-refractivity contribution is -0.135. The third-order valence-electron chi connectivity index (χ3n) is 4.04. The van der Waals surface area contributed by atoms with E-state index in [1.54, 1.807) is 18.5 Å². The van der Waals surface area contributed by atoms with Crippen molar-refractivity contribution in [1.82, 2.24) is 22.8 Å². The van der Waals surface area contributed by atoms with Crippen molar-refractivity contribution in [2.75, 3.05) is 20.7 Å². The number of rotatable bonds is 7. The average molecular weight is 439 g/mol. The quantitative estimate of drug-likeness (QED) is 0.408. The predicted octanol–water partition coefficient (Wildman–Crippen LogP) is 1.39. The Kier molecular flexibility index (Phi) is 7.02. The molecule has 160 valence electrons. The second kappa shape index (κ2) is 9.88. The van der Waals surface area contributed by atoms with Crippen LogP contribution >= 0.6 is 0 Å². The van der Waals surface area contributed by atoms with Gasteiger partial charge in [0.05, 0.1) is 18.2 Å². The van der Waals surface area contributed by atoms with Crippen LogP contribution in [0, 0.1) is 11.8 Å². The van der Waals surface area contributed by atoms with E-state index in [0.717, 1.165) is 26.8 Å². The molecule has 10 heteroatoms. The lowest BCUT2D eigenvalue weighted by Crippen LogP contribution is -2.27. The van der Waals surface area contributed by atoms with Crippen LogP contribution in [0.3, 0.4) is 0 Å². The number of esters is 1. The molecular formula is C21H21N5O4S. The number of nitrogens with zero attached hydrogens (tertiary/aromatic N) is 5. The number of aromatic nitrogens is 4. The first-order chi connectivity index (χ1) is 14.8. The largest absolute Gasteiger partial charge is 0.452 e. The van der Waals surface area contributed by atoms with Crippen molar-refractivity contribution in [1.29, 1.82) is 0 Å². The molecule has 0 saturated heterocycles. The summed E-state index contributed by atoms with van der Waals surface area (Å²) in [5.74, 6) is 4.01. The Hall–Kier alpha value is -3.68. The molecule has 0 saturated carbocycles. The van der Waals surface area contributed by atoms with Gasteiger partial charge in [-0.15, -0.1) is 0 Å². The lowest BCUT2D eigenvalue weighted by atomic mass is 10.2. The van der Waals surface area contributed by atoms with Crippen molar-refractivity contribution in [2.45, 2.75) is 6.54 Å². The van der Waals surface area contributed by atoms with Gasteiger partial charge in [0, 0.05) is 32.8 Å². The third kappa shape index (κ3) is 6.15. The summed E-state index contributed by atoms with van der Waals surface area (Å²) in [6.45, 7) is 0.750. The average Bonchev–Trinajstić information content (AvgIpc) is 3.40. The van der Waals surface area contributed by atoms with Crippen molar-refractivity contribution < 1.29 is 17.9 Å². The molecule has 0 aliphatic rings. The van der Waals surface area contributed by atoms with Gasteiger partial charge in [0.2, 0.25) is 0 Å². The van der Waals surface area contributed by atoms with Gasteiger partial charge >= 0.3 is 16.2 Å². The highest BCUT2D eigenvalue weighted by atomic mass is 32.2. The topological polar surface area (TPSA) is 99.3 Å². The molecular weight excluding hydrogens is 418 g/mol. The van der Waals surface area contributed by atoms with Gasteiger partial charge in [0.15, 0.2) is 0 Å². The molecule has 0 aliphatic heterocycles. The summed E-state index contributed by atoms with van der Waals surface area (Å²) >= 11 is 0. The minimum absolute atomic E-state index is 0.0303. The molecule has 3 aromatic rings. The molecule has 2 heterocycles. The normalized spacial score (nSPS) is 11.5. The lowest BCUT2D eigenvalue weighted by Gasteiger charge is -2.10. The summed E-state index contributed by atoms with van der Waals surface area (Å²) in [5.41, 5.74) is 2.06. The Labute approximate surface area is 180 Å². The van der Waals surface area contributed by atoms with Gasteiger partial charge in [-0.25, -0.2) is 18.7 Å². The van der Waals surface area contributed by atoms with Crippen LogP contribution in [0.5, 0.6) is 0 Å². The summed E-state index contributed by atoms with van der Waals surface area (Å²) in [4.78, 5) is 19.9. The maximum Gasteiger partial charge on any atom is 0.385 e. The van der Waals surface area contributed by atoms with Crippen LogP contribution in [0.1, 0.15) is 17.0 Å². The predicted molar refractivity (Wildman–Crippen MR) is 115 cm³/mol. The smallest absolute Gasteiger partial charge is 0.385 e. The second-order valence-electron chi connectivity index (χ2n) is 6.59. The molecule has 0 fully saturated rings. The molecule has 0 amide bonds. The molecule has 0 atom stereocenters. The summed E-state index contributed by atoms with van der Waals surface area (Å²) in [5, 5.41) is 0. The Balaban J connectivity index is 1.48. The third-order valence-corrected chi connectivity index (χ3v) is 5.70. The highest BCUT2D eigenvalue weighted by Crippen LogP contribution is 2.05. The standard InChI is InChI=1S/C21H21N5O4S/c1-24(2)31(28,29)26-15-20(23-17-26)10-11-21(27)30-12-6-9-19-14-25(16-22-19)13-18-7-4-3-5-8-18/h3-9,14-17H,12-13H2,1-2H3/b9-6+. The summed E-state index contributed by atoms with van der Waals surface area (Å²) in [6.07, 6.45) is 9.37. The maximum absolute atomic E-state index is 12.0. The molecule has 9 nitrogen and oxygen atoms in total. The van der Waals surface area contributed by atoms with Gasteiger partial charge in [-0.2, -0.15) is 12.7 Å². The minimum Gasteiger partial charge on any atom is -0.452 e. The van der Waals surface area contributed by atoms with E-state index in [1.165, 1.54) is 25.9 Å². The number of hydrogen-bond acceptors (Lipinski definition) is 6. The van der Waals surface area contributed by atoms with Crippen LogP contribution in [-0.2, 0) is 26.3 Å². The summed E-state index contributed by atoms with van der Waals surface area (Å²) < 4.78 is 32.8. The van der Waals surface area contributed by atoms with Crippen LogP contribution in [0.4, 0.5) is 0 Å². The van der Waals surface area contributed by atoms with Crippen molar-refractivity contribution in [3.8, 4) is 11.8 Å². The van der Waals surface area contributed by atoms with Gasteiger partial charge in [-0.3, -0.25) is 0 Å². The molecule has 2 aromatic heterocycles. The van der Waals surface area contributed by atoms with Gasteiger partial charge in [-0.1, -0.05) is 30.3 Å². The molecule has 3 rings (SSSR count). The van der Waals surface area contributed by atoms with E-state index >= 15 is 0 Å². The number of carbonyl (C=O) groups excluding carboxylic acids is 1. The summed E-state index contributed by atoms with van der Waals surface area (Å²) in [7, 11) is -0.864. The van der Waals surface area contributed by atoms with Crippen molar-refractivity contribution in [3.63, 3.8) is 0 Å². The van der Waals surface area contributed by atoms with Crippen LogP contribution in [0.25, 0.3) is 6.08 Å². The van der Waals surface area contributed by atoms with Crippen molar-refractivity contribution in [3.05, 3.63) is 78.4 Å². The molecule has 31 heavy (non-hydrogen) atoms. The van der Waals surface area contributed by atoms with Crippen LogP contribution < -0.4 is 0 Å². The minimum atomic E-state index is -3.67. The van der Waals surface area contributed by atoms with Crippen LogP contribution in [0.2, 0.25) is 0 Å². The fraction of sp³-hybridized carbons (Fsp3) is 0.190. The van der Waals surface area contributed by atoms with E-state index in [2.05, 4.69) is 21.8 Å². The van der Waals surface area contributed by atoms with E-state index in [0.29, 0.717) is 0 Å². The first-order valence-electron chi connectivity index (χ1n) is 9.22. The molecule has 0 spiro atoms. The summed E-state index contributed by atoms with van der Waals surface area (Å²) in [6, 6.07) is 10.0. The van der Waals surface area contributed by atoms with E-state index in [1.807, 2.05) is 41.1 Å². The van der Waals surface area contributed by atoms with Crippen molar-refractivity contribution >= 4 is 22.3 Å². The first-order valence-corrected chi connectivity index (χ1v) is 10.6.